The van der Waals surface area contributed by atoms with Gasteiger partial charge in [-0.2, -0.15) is 4.72 Å². The van der Waals surface area contributed by atoms with Crippen molar-refractivity contribution >= 4 is 20.8 Å². The first-order valence-electron chi connectivity index (χ1n) is 6.39. The fourth-order valence-corrected chi connectivity index (χ4v) is 3.46. The SMILES string of the molecule is C#CC(CCC)NS(=O)(=O)c1cccc2cnccc12. The molecule has 0 spiro atoms. The van der Waals surface area contributed by atoms with Crippen LogP contribution in [0, 0.1) is 12.3 Å². The Kier molecular flexibility index (Phi) is 4.38. The molecule has 0 saturated carbocycles. The van der Waals surface area contributed by atoms with E-state index in [1.165, 1.54) is 0 Å². The minimum absolute atomic E-state index is 0.230. The third kappa shape index (κ3) is 2.98. The molecular formula is C15H16N2O2S. The maximum atomic E-state index is 12.5. The van der Waals surface area contributed by atoms with Gasteiger partial charge in [-0.25, -0.2) is 8.42 Å². The molecule has 0 saturated heterocycles. The van der Waals surface area contributed by atoms with E-state index < -0.39 is 16.1 Å². The molecule has 2 aromatic rings. The topological polar surface area (TPSA) is 59.1 Å². The molecule has 104 valence electrons. The van der Waals surface area contributed by atoms with Gasteiger partial charge in [-0.3, -0.25) is 4.98 Å². The van der Waals surface area contributed by atoms with Crippen LogP contribution in [-0.2, 0) is 10.0 Å². The Morgan fingerprint density at radius 1 is 1.40 bits per heavy atom. The van der Waals surface area contributed by atoms with Gasteiger partial charge < -0.3 is 0 Å². The van der Waals surface area contributed by atoms with E-state index in [9.17, 15) is 8.42 Å². The second-order valence-electron chi connectivity index (χ2n) is 4.48. The molecular weight excluding hydrogens is 272 g/mol. The summed E-state index contributed by atoms with van der Waals surface area (Å²) >= 11 is 0. The second-order valence-corrected chi connectivity index (χ2v) is 6.16. The van der Waals surface area contributed by atoms with E-state index in [0.29, 0.717) is 11.8 Å². The zero-order valence-corrected chi connectivity index (χ0v) is 12.0. The van der Waals surface area contributed by atoms with Gasteiger partial charge in [0.05, 0.1) is 10.9 Å². The highest BCUT2D eigenvalue weighted by Gasteiger charge is 2.20. The quantitative estimate of drug-likeness (QED) is 0.859. The van der Waals surface area contributed by atoms with Gasteiger partial charge in [0, 0.05) is 23.2 Å². The van der Waals surface area contributed by atoms with Crippen LogP contribution in [0.1, 0.15) is 19.8 Å². The number of terminal acetylenes is 1. The van der Waals surface area contributed by atoms with Crippen molar-refractivity contribution in [2.45, 2.75) is 30.7 Å². The highest BCUT2D eigenvalue weighted by Crippen LogP contribution is 2.22. The highest BCUT2D eigenvalue weighted by atomic mass is 32.2. The van der Waals surface area contributed by atoms with Crippen LogP contribution in [0.4, 0.5) is 0 Å². The number of hydrogen-bond donors (Lipinski definition) is 1. The van der Waals surface area contributed by atoms with E-state index in [1.807, 2.05) is 13.0 Å². The number of benzene rings is 1. The Balaban J connectivity index is 2.45. The predicted molar refractivity (Wildman–Crippen MR) is 79.6 cm³/mol. The smallest absolute Gasteiger partial charge is 0.242 e. The molecule has 20 heavy (non-hydrogen) atoms. The van der Waals surface area contributed by atoms with Crippen molar-refractivity contribution in [2.75, 3.05) is 0 Å². The monoisotopic (exact) mass is 288 g/mol. The van der Waals surface area contributed by atoms with E-state index in [1.54, 1.807) is 30.6 Å². The van der Waals surface area contributed by atoms with E-state index >= 15 is 0 Å². The second kappa shape index (κ2) is 6.04. The minimum atomic E-state index is -3.64. The number of pyridine rings is 1. The molecule has 0 aliphatic rings. The van der Waals surface area contributed by atoms with Crippen LogP contribution in [0.5, 0.6) is 0 Å². The van der Waals surface area contributed by atoms with Crippen molar-refractivity contribution in [1.29, 1.82) is 0 Å². The van der Waals surface area contributed by atoms with E-state index in [0.717, 1.165) is 11.8 Å². The lowest BCUT2D eigenvalue weighted by molar-refractivity contribution is 0.565. The molecule has 1 aromatic carbocycles. The van der Waals surface area contributed by atoms with Crippen molar-refractivity contribution in [3.05, 3.63) is 36.7 Å². The molecule has 0 aliphatic carbocycles. The molecule has 0 radical (unpaired) electrons. The van der Waals surface area contributed by atoms with Gasteiger partial charge in [0.1, 0.15) is 0 Å². The van der Waals surface area contributed by atoms with E-state index in [-0.39, 0.29) is 4.90 Å². The van der Waals surface area contributed by atoms with Crippen LogP contribution in [0.15, 0.2) is 41.6 Å². The average molecular weight is 288 g/mol. The summed E-state index contributed by atoms with van der Waals surface area (Å²) in [5.74, 6) is 2.47. The Hall–Kier alpha value is -1.90. The minimum Gasteiger partial charge on any atom is -0.264 e. The number of nitrogens with zero attached hydrogens (tertiary/aromatic N) is 1. The first-order valence-corrected chi connectivity index (χ1v) is 7.88. The molecule has 4 nitrogen and oxygen atoms in total. The molecule has 0 bridgehead atoms. The molecule has 5 heteroatoms. The van der Waals surface area contributed by atoms with Crippen LogP contribution in [0.25, 0.3) is 10.8 Å². The van der Waals surface area contributed by atoms with E-state index in [2.05, 4.69) is 15.6 Å². The summed E-state index contributed by atoms with van der Waals surface area (Å²) in [5, 5.41) is 1.42. The van der Waals surface area contributed by atoms with E-state index in [4.69, 9.17) is 6.42 Å². The third-order valence-electron chi connectivity index (χ3n) is 3.01. The summed E-state index contributed by atoms with van der Waals surface area (Å²) in [6.45, 7) is 1.96. The normalized spacial score (nSPS) is 13.0. The molecule has 1 atom stereocenters. The Morgan fingerprint density at radius 2 is 2.20 bits per heavy atom. The Labute approximate surface area is 119 Å². The Bertz CT molecular complexity index is 743. The van der Waals surface area contributed by atoms with Crippen molar-refractivity contribution in [2.24, 2.45) is 0 Å². The fourth-order valence-electron chi connectivity index (χ4n) is 2.04. The van der Waals surface area contributed by atoms with Gasteiger partial charge in [-0.1, -0.05) is 31.4 Å². The van der Waals surface area contributed by atoms with Gasteiger partial charge in [0.2, 0.25) is 10.0 Å². The van der Waals surface area contributed by atoms with Gasteiger partial charge >= 0.3 is 0 Å². The molecule has 1 aromatic heterocycles. The third-order valence-corrected chi connectivity index (χ3v) is 4.54. The molecule has 1 heterocycles. The largest absolute Gasteiger partial charge is 0.264 e. The van der Waals surface area contributed by atoms with Crippen LogP contribution in [0.2, 0.25) is 0 Å². The molecule has 0 amide bonds. The first kappa shape index (κ1) is 14.5. The summed E-state index contributed by atoms with van der Waals surface area (Å²) in [6.07, 6.45) is 10.0. The van der Waals surface area contributed by atoms with Crippen LogP contribution in [0.3, 0.4) is 0 Å². The van der Waals surface area contributed by atoms with Crippen LogP contribution in [-0.4, -0.2) is 19.4 Å². The van der Waals surface area contributed by atoms with Crippen molar-refractivity contribution < 1.29 is 8.42 Å². The number of aromatic nitrogens is 1. The number of sulfonamides is 1. The summed E-state index contributed by atoms with van der Waals surface area (Å²) in [4.78, 5) is 4.23. The molecule has 0 aliphatic heterocycles. The van der Waals surface area contributed by atoms with Gasteiger partial charge in [0.15, 0.2) is 0 Å². The van der Waals surface area contributed by atoms with Crippen molar-refractivity contribution in [3.8, 4) is 12.3 Å². The van der Waals surface area contributed by atoms with Crippen molar-refractivity contribution in [1.82, 2.24) is 9.71 Å². The fraction of sp³-hybridized carbons (Fsp3) is 0.267. The maximum absolute atomic E-state index is 12.5. The van der Waals surface area contributed by atoms with Gasteiger partial charge in [-0.05, 0) is 18.6 Å². The van der Waals surface area contributed by atoms with Crippen molar-refractivity contribution in [3.63, 3.8) is 0 Å². The lowest BCUT2D eigenvalue weighted by atomic mass is 10.2. The lowest BCUT2D eigenvalue weighted by Crippen LogP contribution is -2.33. The number of nitrogens with one attached hydrogen (secondary N) is 1. The first-order chi connectivity index (χ1) is 9.58. The zero-order valence-electron chi connectivity index (χ0n) is 11.2. The number of rotatable bonds is 5. The Morgan fingerprint density at radius 3 is 2.90 bits per heavy atom. The van der Waals surface area contributed by atoms with Gasteiger partial charge in [-0.15, -0.1) is 6.42 Å². The number of hydrogen-bond acceptors (Lipinski definition) is 3. The number of fused-ring (bicyclic) bond motifs is 1. The summed E-state index contributed by atoms with van der Waals surface area (Å²) in [5.41, 5.74) is 0. The van der Waals surface area contributed by atoms with Gasteiger partial charge in [0.25, 0.3) is 0 Å². The molecule has 2 rings (SSSR count). The maximum Gasteiger partial charge on any atom is 0.242 e. The van der Waals surface area contributed by atoms with Crippen LogP contribution < -0.4 is 4.72 Å². The molecule has 1 N–H and O–H groups in total. The average Bonchev–Trinajstić information content (AvgIpc) is 2.46. The summed E-state index contributed by atoms with van der Waals surface area (Å²) in [7, 11) is -3.64. The molecule has 1 unspecified atom stereocenters. The zero-order chi connectivity index (χ0) is 14.6. The predicted octanol–water partition coefficient (Wildman–Crippen LogP) is 2.32. The lowest BCUT2D eigenvalue weighted by Gasteiger charge is -2.14. The van der Waals surface area contributed by atoms with Crippen LogP contribution >= 0.6 is 0 Å². The standard InChI is InChI=1S/C15H16N2O2S/c1-3-6-13(4-2)17-20(18,19)15-8-5-7-12-11-16-10-9-14(12)15/h2,5,7-11,13,17H,3,6H2,1H3. The molecule has 0 fully saturated rings. The highest BCUT2D eigenvalue weighted by molar-refractivity contribution is 7.89. The summed E-state index contributed by atoms with van der Waals surface area (Å²) < 4.78 is 27.5. The summed E-state index contributed by atoms with van der Waals surface area (Å²) in [6, 6.07) is 6.30.